The SMILES string of the molecule is CCCCCCOc1ccc(N2C(=O)C[C@H](N(CCc3ccc(S(N)(=O)=O)cc3)C(C)=O)C2=O)cc1. The maximum Gasteiger partial charge on any atom is 0.257 e. The molecule has 0 aromatic heterocycles. The molecule has 1 saturated heterocycles. The molecule has 2 aromatic rings. The highest BCUT2D eigenvalue weighted by Gasteiger charge is 2.43. The van der Waals surface area contributed by atoms with Crippen molar-refractivity contribution in [3.05, 3.63) is 54.1 Å². The topological polar surface area (TPSA) is 127 Å². The first-order valence-electron chi connectivity index (χ1n) is 12.1. The molecule has 9 nitrogen and oxygen atoms in total. The summed E-state index contributed by atoms with van der Waals surface area (Å²) in [5, 5.41) is 5.12. The van der Waals surface area contributed by atoms with Crippen LogP contribution in [0, 0.1) is 0 Å². The van der Waals surface area contributed by atoms with E-state index in [1.165, 1.54) is 30.4 Å². The van der Waals surface area contributed by atoms with Crippen molar-refractivity contribution >= 4 is 33.4 Å². The van der Waals surface area contributed by atoms with Crippen LogP contribution in [0.3, 0.4) is 0 Å². The number of amides is 3. The summed E-state index contributed by atoms with van der Waals surface area (Å²) in [6.07, 6.45) is 4.69. The summed E-state index contributed by atoms with van der Waals surface area (Å²) < 4.78 is 28.6. The molecular formula is C26H33N3O6S. The van der Waals surface area contributed by atoms with Crippen LogP contribution in [0.25, 0.3) is 0 Å². The van der Waals surface area contributed by atoms with Crippen LogP contribution in [-0.4, -0.2) is 50.2 Å². The lowest BCUT2D eigenvalue weighted by Crippen LogP contribution is -2.45. The third-order valence-electron chi connectivity index (χ3n) is 6.16. The zero-order chi connectivity index (χ0) is 26.3. The van der Waals surface area contributed by atoms with Crippen molar-refractivity contribution in [2.45, 2.75) is 63.3 Å². The number of carbonyl (C=O) groups excluding carboxylic acids is 3. The van der Waals surface area contributed by atoms with Crippen LogP contribution >= 0.6 is 0 Å². The van der Waals surface area contributed by atoms with Gasteiger partial charge in [0.25, 0.3) is 5.91 Å². The molecule has 1 heterocycles. The van der Waals surface area contributed by atoms with Crippen LogP contribution < -0.4 is 14.8 Å². The van der Waals surface area contributed by atoms with Gasteiger partial charge in [0.1, 0.15) is 11.8 Å². The van der Waals surface area contributed by atoms with Gasteiger partial charge in [0, 0.05) is 13.5 Å². The van der Waals surface area contributed by atoms with Crippen LogP contribution in [0.5, 0.6) is 5.75 Å². The molecule has 36 heavy (non-hydrogen) atoms. The average molecular weight is 516 g/mol. The van der Waals surface area contributed by atoms with Gasteiger partial charge < -0.3 is 9.64 Å². The summed E-state index contributed by atoms with van der Waals surface area (Å²) in [5.41, 5.74) is 1.21. The molecule has 0 spiro atoms. The molecule has 3 rings (SSSR count). The summed E-state index contributed by atoms with van der Waals surface area (Å²) in [4.78, 5) is 40.8. The highest BCUT2D eigenvalue weighted by atomic mass is 32.2. The number of hydrogen-bond donors (Lipinski definition) is 1. The van der Waals surface area contributed by atoms with Gasteiger partial charge in [-0.25, -0.2) is 18.5 Å². The van der Waals surface area contributed by atoms with E-state index in [4.69, 9.17) is 9.88 Å². The van der Waals surface area contributed by atoms with Gasteiger partial charge in [-0.1, -0.05) is 38.3 Å². The molecular weight excluding hydrogens is 482 g/mol. The largest absolute Gasteiger partial charge is 0.494 e. The van der Waals surface area contributed by atoms with E-state index in [1.807, 2.05) is 0 Å². The van der Waals surface area contributed by atoms with Gasteiger partial charge >= 0.3 is 0 Å². The Morgan fingerprint density at radius 2 is 1.72 bits per heavy atom. The van der Waals surface area contributed by atoms with Crippen LogP contribution in [-0.2, 0) is 30.8 Å². The number of hydrogen-bond acceptors (Lipinski definition) is 6. The van der Waals surface area contributed by atoms with E-state index in [1.54, 1.807) is 36.4 Å². The molecule has 194 valence electrons. The van der Waals surface area contributed by atoms with Crippen molar-refractivity contribution in [1.29, 1.82) is 0 Å². The lowest BCUT2D eigenvalue weighted by atomic mass is 10.1. The predicted molar refractivity (Wildman–Crippen MR) is 136 cm³/mol. The average Bonchev–Trinajstić information content (AvgIpc) is 3.12. The van der Waals surface area contributed by atoms with Crippen LogP contribution in [0.2, 0.25) is 0 Å². The highest BCUT2D eigenvalue weighted by Crippen LogP contribution is 2.28. The number of benzene rings is 2. The molecule has 0 aliphatic carbocycles. The van der Waals surface area contributed by atoms with Crippen molar-refractivity contribution in [1.82, 2.24) is 4.90 Å². The van der Waals surface area contributed by atoms with Crippen molar-refractivity contribution in [2.75, 3.05) is 18.1 Å². The third-order valence-corrected chi connectivity index (χ3v) is 7.09. The van der Waals surface area contributed by atoms with Gasteiger partial charge in [-0.05, 0) is 54.8 Å². The van der Waals surface area contributed by atoms with E-state index in [9.17, 15) is 22.8 Å². The fraction of sp³-hybridized carbons (Fsp3) is 0.423. The van der Waals surface area contributed by atoms with E-state index >= 15 is 0 Å². The van der Waals surface area contributed by atoms with E-state index in [2.05, 4.69) is 6.92 Å². The number of imide groups is 1. The standard InChI is InChI=1S/C26H33N3O6S/c1-3-4-5-6-17-35-22-11-9-21(10-12-22)29-25(31)18-24(26(29)32)28(19(2)30)16-15-20-7-13-23(14-8-20)36(27,33)34/h7-14,24H,3-6,15-18H2,1-2H3,(H2,27,33,34)/t24-/m0/s1. The molecule has 3 amide bonds. The minimum atomic E-state index is -3.79. The van der Waals surface area contributed by atoms with Crippen molar-refractivity contribution in [3.8, 4) is 5.75 Å². The Balaban J connectivity index is 1.64. The maximum absolute atomic E-state index is 13.2. The van der Waals surface area contributed by atoms with E-state index in [-0.39, 0.29) is 29.7 Å². The number of nitrogens with zero attached hydrogens (tertiary/aromatic N) is 2. The number of nitrogens with two attached hydrogens (primary N) is 1. The highest BCUT2D eigenvalue weighted by molar-refractivity contribution is 7.89. The van der Waals surface area contributed by atoms with Gasteiger partial charge in [-0.15, -0.1) is 0 Å². The minimum absolute atomic E-state index is 0.00482. The van der Waals surface area contributed by atoms with Crippen LogP contribution in [0.1, 0.15) is 51.5 Å². The molecule has 0 radical (unpaired) electrons. The molecule has 1 fully saturated rings. The summed E-state index contributed by atoms with van der Waals surface area (Å²) in [5.74, 6) is -0.476. The number of ether oxygens (including phenoxy) is 1. The van der Waals surface area contributed by atoms with E-state index < -0.39 is 22.0 Å². The zero-order valence-corrected chi connectivity index (χ0v) is 21.5. The summed E-state index contributed by atoms with van der Waals surface area (Å²) >= 11 is 0. The van der Waals surface area contributed by atoms with E-state index in [0.29, 0.717) is 24.5 Å². The quantitative estimate of drug-likeness (QED) is 0.342. The number of rotatable bonds is 12. The number of sulfonamides is 1. The number of carbonyl (C=O) groups is 3. The Labute approximate surface area is 212 Å². The second-order valence-corrected chi connectivity index (χ2v) is 10.4. The molecule has 0 saturated carbocycles. The monoisotopic (exact) mass is 515 g/mol. The predicted octanol–water partition coefficient (Wildman–Crippen LogP) is 3.02. The van der Waals surface area contributed by atoms with Gasteiger partial charge in [0.05, 0.1) is 23.6 Å². The molecule has 2 aromatic carbocycles. The second-order valence-electron chi connectivity index (χ2n) is 8.84. The Morgan fingerprint density at radius 1 is 1.06 bits per heavy atom. The number of unbranched alkanes of at least 4 members (excludes halogenated alkanes) is 3. The third kappa shape index (κ3) is 6.92. The zero-order valence-electron chi connectivity index (χ0n) is 20.7. The Kier molecular flexibility index (Phi) is 9.22. The fourth-order valence-corrected chi connectivity index (χ4v) is 4.68. The van der Waals surface area contributed by atoms with Gasteiger partial charge in [0.2, 0.25) is 21.8 Å². The van der Waals surface area contributed by atoms with Gasteiger partial charge in [-0.2, -0.15) is 0 Å². The first-order chi connectivity index (χ1) is 17.1. The second kappa shape index (κ2) is 12.1. The van der Waals surface area contributed by atoms with Gasteiger partial charge in [-0.3, -0.25) is 14.4 Å². The fourth-order valence-electron chi connectivity index (χ4n) is 4.17. The molecule has 1 aliphatic rings. The molecule has 1 aliphatic heterocycles. The van der Waals surface area contributed by atoms with Crippen molar-refractivity contribution < 1.29 is 27.5 Å². The van der Waals surface area contributed by atoms with Crippen molar-refractivity contribution in [2.24, 2.45) is 5.14 Å². The smallest absolute Gasteiger partial charge is 0.257 e. The Bertz CT molecular complexity index is 1180. The molecule has 0 unspecified atom stereocenters. The molecule has 0 bridgehead atoms. The van der Waals surface area contributed by atoms with Crippen molar-refractivity contribution in [3.63, 3.8) is 0 Å². The maximum atomic E-state index is 13.2. The first kappa shape index (κ1) is 27.3. The van der Waals surface area contributed by atoms with Gasteiger partial charge in [0.15, 0.2) is 0 Å². The Hall–Kier alpha value is -3.24. The van der Waals surface area contributed by atoms with Crippen LogP contribution in [0.15, 0.2) is 53.4 Å². The summed E-state index contributed by atoms with van der Waals surface area (Å²) in [7, 11) is -3.79. The molecule has 1 atom stereocenters. The number of anilines is 1. The Morgan fingerprint density at radius 3 is 2.31 bits per heavy atom. The lowest BCUT2D eigenvalue weighted by molar-refractivity contribution is -0.136. The molecule has 10 heteroatoms. The minimum Gasteiger partial charge on any atom is -0.494 e. The van der Waals surface area contributed by atoms with Crippen LogP contribution in [0.4, 0.5) is 5.69 Å². The number of primary sulfonamides is 1. The summed E-state index contributed by atoms with van der Waals surface area (Å²) in [6, 6.07) is 11.9. The molecule has 2 N–H and O–H groups in total. The first-order valence-corrected chi connectivity index (χ1v) is 13.6. The summed E-state index contributed by atoms with van der Waals surface area (Å²) in [6.45, 7) is 4.32. The lowest BCUT2D eigenvalue weighted by Gasteiger charge is -2.26. The van der Waals surface area contributed by atoms with E-state index in [0.717, 1.165) is 29.7 Å². The normalized spacial score (nSPS) is 15.9.